The van der Waals surface area contributed by atoms with Crippen molar-refractivity contribution in [2.24, 2.45) is 5.73 Å². The van der Waals surface area contributed by atoms with E-state index in [1.54, 1.807) is 11.3 Å². The molecule has 1 saturated carbocycles. The monoisotopic (exact) mass is 211 g/mol. The van der Waals surface area contributed by atoms with Crippen LogP contribution in [-0.2, 0) is 10.2 Å². The number of carboxylic acid groups (broad SMARTS) is 1. The lowest BCUT2D eigenvalue weighted by Crippen LogP contribution is -2.54. The van der Waals surface area contributed by atoms with Crippen LogP contribution in [0.4, 0.5) is 0 Å². The van der Waals surface area contributed by atoms with Crippen LogP contribution in [0.1, 0.15) is 24.0 Å². The second-order valence-electron chi connectivity index (χ2n) is 4.02. The Morgan fingerprint density at radius 3 is 2.64 bits per heavy atom. The number of aryl methyl sites for hydroxylation is 1. The Bertz CT molecular complexity index is 366. The van der Waals surface area contributed by atoms with Crippen molar-refractivity contribution in [3.63, 3.8) is 0 Å². The fourth-order valence-electron chi connectivity index (χ4n) is 2.20. The van der Waals surface area contributed by atoms with Crippen molar-refractivity contribution >= 4 is 17.3 Å². The van der Waals surface area contributed by atoms with E-state index in [0.29, 0.717) is 12.8 Å². The van der Waals surface area contributed by atoms with Crippen LogP contribution in [0.3, 0.4) is 0 Å². The molecule has 1 aliphatic rings. The number of thiophene rings is 1. The molecule has 0 spiro atoms. The highest BCUT2D eigenvalue weighted by atomic mass is 32.1. The fourth-order valence-corrected chi connectivity index (χ4v) is 3.14. The summed E-state index contributed by atoms with van der Waals surface area (Å²) in [7, 11) is 0. The highest BCUT2D eigenvalue weighted by Crippen LogP contribution is 2.45. The molecule has 3 N–H and O–H groups in total. The van der Waals surface area contributed by atoms with Gasteiger partial charge in [-0.05, 0) is 41.7 Å². The van der Waals surface area contributed by atoms with Crippen LogP contribution < -0.4 is 5.73 Å². The van der Waals surface area contributed by atoms with Crippen molar-refractivity contribution in [1.82, 2.24) is 0 Å². The van der Waals surface area contributed by atoms with E-state index in [9.17, 15) is 9.90 Å². The maximum Gasteiger partial charge on any atom is 0.314 e. The first kappa shape index (κ1) is 9.68. The SMILES string of the molecule is Cc1cscc1C1(C(=O)O)CC(N)C1. The van der Waals surface area contributed by atoms with Gasteiger partial charge in [-0.1, -0.05) is 0 Å². The summed E-state index contributed by atoms with van der Waals surface area (Å²) in [5.41, 5.74) is 7.03. The second kappa shape index (κ2) is 3.07. The minimum absolute atomic E-state index is 0.0467. The molecule has 76 valence electrons. The molecule has 0 unspecified atom stereocenters. The number of aliphatic carboxylic acids is 1. The van der Waals surface area contributed by atoms with E-state index in [1.807, 2.05) is 17.7 Å². The molecule has 1 aromatic heterocycles. The zero-order chi connectivity index (χ0) is 10.3. The summed E-state index contributed by atoms with van der Waals surface area (Å²) in [5.74, 6) is -0.735. The molecule has 1 aliphatic carbocycles. The molecule has 4 heteroatoms. The molecular formula is C10H13NO2S. The zero-order valence-corrected chi connectivity index (χ0v) is 8.80. The molecule has 2 rings (SSSR count). The zero-order valence-electron chi connectivity index (χ0n) is 7.99. The third-order valence-electron chi connectivity index (χ3n) is 3.00. The van der Waals surface area contributed by atoms with E-state index >= 15 is 0 Å². The minimum atomic E-state index is -0.735. The number of hydrogen-bond donors (Lipinski definition) is 2. The molecule has 3 nitrogen and oxygen atoms in total. The van der Waals surface area contributed by atoms with Gasteiger partial charge in [-0.3, -0.25) is 4.79 Å². The maximum atomic E-state index is 11.2. The lowest BCUT2D eigenvalue weighted by Gasteiger charge is -2.42. The summed E-state index contributed by atoms with van der Waals surface area (Å²) in [6.07, 6.45) is 1.14. The molecule has 1 heterocycles. The third-order valence-corrected chi connectivity index (χ3v) is 3.86. The van der Waals surface area contributed by atoms with Gasteiger partial charge in [-0.15, -0.1) is 0 Å². The second-order valence-corrected chi connectivity index (χ2v) is 4.77. The molecule has 0 radical (unpaired) electrons. The lowest BCUT2D eigenvalue weighted by atomic mass is 9.62. The van der Waals surface area contributed by atoms with Crippen LogP contribution in [0.5, 0.6) is 0 Å². The molecule has 0 amide bonds. The van der Waals surface area contributed by atoms with Crippen molar-refractivity contribution < 1.29 is 9.90 Å². The van der Waals surface area contributed by atoms with E-state index < -0.39 is 11.4 Å². The van der Waals surface area contributed by atoms with Crippen molar-refractivity contribution in [1.29, 1.82) is 0 Å². The summed E-state index contributed by atoms with van der Waals surface area (Å²) in [5, 5.41) is 13.2. The quantitative estimate of drug-likeness (QED) is 0.779. The number of rotatable bonds is 2. The molecule has 0 saturated heterocycles. The van der Waals surface area contributed by atoms with Gasteiger partial charge in [0.2, 0.25) is 0 Å². The smallest absolute Gasteiger partial charge is 0.314 e. The molecule has 1 aromatic rings. The molecular weight excluding hydrogens is 198 g/mol. The van der Waals surface area contributed by atoms with Crippen LogP contribution in [0.15, 0.2) is 10.8 Å². The van der Waals surface area contributed by atoms with Gasteiger partial charge >= 0.3 is 5.97 Å². The molecule has 0 aromatic carbocycles. The topological polar surface area (TPSA) is 63.3 Å². The highest BCUT2D eigenvalue weighted by Gasteiger charge is 2.51. The highest BCUT2D eigenvalue weighted by molar-refractivity contribution is 7.08. The summed E-state index contributed by atoms with van der Waals surface area (Å²) >= 11 is 1.56. The first-order valence-electron chi connectivity index (χ1n) is 4.58. The maximum absolute atomic E-state index is 11.2. The van der Waals surface area contributed by atoms with Crippen molar-refractivity contribution in [3.05, 3.63) is 21.9 Å². The predicted octanol–water partition coefficient (Wildman–Crippen LogP) is 1.50. The van der Waals surface area contributed by atoms with Gasteiger partial charge in [0.05, 0.1) is 5.41 Å². The summed E-state index contributed by atoms with van der Waals surface area (Å²) in [6.45, 7) is 1.96. The Labute approximate surface area is 86.6 Å². The molecule has 1 fully saturated rings. The van der Waals surface area contributed by atoms with E-state index in [-0.39, 0.29) is 6.04 Å². The summed E-state index contributed by atoms with van der Waals surface area (Å²) in [6, 6.07) is 0.0467. The lowest BCUT2D eigenvalue weighted by molar-refractivity contribution is -0.148. The predicted molar refractivity (Wildman–Crippen MR) is 55.6 cm³/mol. The molecule has 0 atom stereocenters. The Morgan fingerprint density at radius 2 is 2.29 bits per heavy atom. The van der Waals surface area contributed by atoms with Crippen molar-refractivity contribution in [3.8, 4) is 0 Å². The normalized spacial score (nSPS) is 31.1. The number of carbonyl (C=O) groups is 1. The minimum Gasteiger partial charge on any atom is -0.481 e. The van der Waals surface area contributed by atoms with Gasteiger partial charge in [0, 0.05) is 6.04 Å². The van der Waals surface area contributed by atoms with Gasteiger partial charge in [0.25, 0.3) is 0 Å². The van der Waals surface area contributed by atoms with Gasteiger partial charge in [0.1, 0.15) is 0 Å². The van der Waals surface area contributed by atoms with Crippen molar-refractivity contribution in [2.45, 2.75) is 31.2 Å². The summed E-state index contributed by atoms with van der Waals surface area (Å²) < 4.78 is 0. The average Bonchev–Trinajstić information content (AvgIpc) is 2.45. The van der Waals surface area contributed by atoms with Crippen LogP contribution in [0, 0.1) is 6.92 Å². The van der Waals surface area contributed by atoms with Crippen LogP contribution in [-0.4, -0.2) is 17.1 Å². The van der Waals surface area contributed by atoms with Gasteiger partial charge < -0.3 is 10.8 Å². The summed E-state index contributed by atoms with van der Waals surface area (Å²) in [4.78, 5) is 11.2. The van der Waals surface area contributed by atoms with Crippen molar-refractivity contribution in [2.75, 3.05) is 0 Å². The third kappa shape index (κ3) is 1.18. The number of carboxylic acids is 1. The first-order valence-corrected chi connectivity index (χ1v) is 5.53. The van der Waals surface area contributed by atoms with Crippen LogP contribution >= 0.6 is 11.3 Å². The Balaban J connectivity index is 2.39. The molecule has 0 aliphatic heterocycles. The standard InChI is InChI=1S/C10H13NO2S/c1-6-4-14-5-8(6)10(9(12)13)2-7(11)3-10/h4-5,7H,2-3,11H2,1H3,(H,12,13). The van der Waals surface area contributed by atoms with E-state index in [2.05, 4.69) is 0 Å². The first-order chi connectivity index (χ1) is 6.56. The average molecular weight is 211 g/mol. The Kier molecular flexibility index (Phi) is 2.12. The van der Waals surface area contributed by atoms with Gasteiger partial charge in [-0.25, -0.2) is 0 Å². The van der Waals surface area contributed by atoms with Gasteiger partial charge in [0.15, 0.2) is 0 Å². The Morgan fingerprint density at radius 1 is 1.64 bits per heavy atom. The van der Waals surface area contributed by atoms with Gasteiger partial charge in [-0.2, -0.15) is 11.3 Å². The van der Waals surface area contributed by atoms with Crippen LogP contribution in [0.2, 0.25) is 0 Å². The van der Waals surface area contributed by atoms with E-state index in [0.717, 1.165) is 11.1 Å². The largest absolute Gasteiger partial charge is 0.481 e. The number of hydrogen-bond acceptors (Lipinski definition) is 3. The molecule has 0 bridgehead atoms. The van der Waals surface area contributed by atoms with E-state index in [4.69, 9.17) is 5.73 Å². The number of nitrogens with two attached hydrogens (primary N) is 1. The fraction of sp³-hybridized carbons (Fsp3) is 0.500. The Hall–Kier alpha value is -0.870. The van der Waals surface area contributed by atoms with E-state index in [1.165, 1.54) is 0 Å². The molecule has 14 heavy (non-hydrogen) atoms. The van der Waals surface area contributed by atoms with Crippen LogP contribution in [0.25, 0.3) is 0 Å².